The fourth-order valence-electron chi connectivity index (χ4n) is 6.10. The number of amides is 1. The third-order valence-corrected chi connectivity index (χ3v) is 8.12. The molecular formula is C29H34F2N8O2. The lowest BCUT2D eigenvalue weighted by Gasteiger charge is -2.51. The van der Waals surface area contributed by atoms with E-state index in [2.05, 4.69) is 30.9 Å². The topological polar surface area (TPSA) is 119 Å². The van der Waals surface area contributed by atoms with Gasteiger partial charge >= 0.3 is 0 Å². The van der Waals surface area contributed by atoms with Gasteiger partial charge in [0.05, 0.1) is 42.4 Å². The van der Waals surface area contributed by atoms with Crippen LogP contribution in [0.5, 0.6) is 0 Å². The van der Waals surface area contributed by atoms with E-state index in [1.54, 1.807) is 23.1 Å². The standard InChI is InChI=1S/C29H34F2N8O2/c1-16(2)39-17(3)35-26-20(30)10-19(11-22(26)39)25-21(31)13-34-28(37-25)36-24-8-7-18(12-33-24)27(40)38-14-29(41,15-38)23-6-4-5-9-32-23/h7-8,10-13,16-17,23,32,35,41H,4-6,9,14-15H2,1-3H3,(H,33,34,36,37). The fraction of sp³-hybridized carbons (Fsp3) is 0.448. The van der Waals surface area contributed by atoms with Crippen LogP contribution in [-0.2, 0) is 0 Å². The minimum atomic E-state index is -0.897. The van der Waals surface area contributed by atoms with Crippen molar-refractivity contribution in [2.24, 2.45) is 0 Å². The molecule has 4 N–H and O–H groups in total. The molecule has 3 aromatic rings. The number of aliphatic hydroxyl groups is 1. The number of anilines is 4. The number of β-amino-alcohol motifs (C(OH)–C–C–N with tert-alkyl or cyclic N) is 1. The Morgan fingerprint density at radius 3 is 2.63 bits per heavy atom. The number of rotatable bonds is 6. The largest absolute Gasteiger partial charge is 0.385 e. The number of nitrogens with one attached hydrogen (secondary N) is 3. The molecule has 2 unspecified atom stereocenters. The van der Waals surface area contributed by atoms with Crippen LogP contribution in [0.25, 0.3) is 11.3 Å². The van der Waals surface area contributed by atoms with Crippen molar-refractivity contribution in [1.29, 1.82) is 0 Å². The van der Waals surface area contributed by atoms with Crippen LogP contribution < -0.4 is 20.9 Å². The highest BCUT2D eigenvalue weighted by Crippen LogP contribution is 2.41. The first-order chi connectivity index (χ1) is 19.6. The summed E-state index contributed by atoms with van der Waals surface area (Å²) in [6.07, 6.45) is 5.44. The van der Waals surface area contributed by atoms with Gasteiger partial charge in [0.2, 0.25) is 5.95 Å². The zero-order valence-electron chi connectivity index (χ0n) is 23.3. The Bertz CT molecular complexity index is 1460. The molecule has 0 radical (unpaired) electrons. The van der Waals surface area contributed by atoms with Gasteiger partial charge in [-0.15, -0.1) is 0 Å². The van der Waals surface area contributed by atoms with E-state index in [9.17, 15) is 14.3 Å². The number of likely N-dealkylation sites (tertiary alicyclic amines) is 1. The van der Waals surface area contributed by atoms with Crippen LogP contribution in [0, 0.1) is 11.6 Å². The Labute approximate surface area is 237 Å². The van der Waals surface area contributed by atoms with Gasteiger partial charge < -0.3 is 30.9 Å². The van der Waals surface area contributed by atoms with Crippen LogP contribution in [0.15, 0.2) is 36.7 Å². The van der Waals surface area contributed by atoms with Gasteiger partial charge in [-0.1, -0.05) is 6.42 Å². The summed E-state index contributed by atoms with van der Waals surface area (Å²) in [5, 5.41) is 20.3. The van der Waals surface area contributed by atoms with E-state index in [4.69, 9.17) is 0 Å². The van der Waals surface area contributed by atoms with E-state index in [1.165, 1.54) is 12.3 Å². The van der Waals surface area contributed by atoms with E-state index >= 15 is 4.39 Å². The van der Waals surface area contributed by atoms with Gasteiger partial charge in [-0.2, -0.15) is 0 Å². The van der Waals surface area contributed by atoms with Crippen LogP contribution in [0.3, 0.4) is 0 Å². The lowest BCUT2D eigenvalue weighted by Crippen LogP contribution is -2.72. The predicted molar refractivity (Wildman–Crippen MR) is 152 cm³/mol. The van der Waals surface area contributed by atoms with Crippen molar-refractivity contribution in [1.82, 2.24) is 25.2 Å². The molecule has 1 aromatic carbocycles. The van der Waals surface area contributed by atoms with Gasteiger partial charge in [0.15, 0.2) is 5.82 Å². The van der Waals surface area contributed by atoms with Crippen molar-refractivity contribution in [2.45, 2.75) is 63.9 Å². The molecule has 6 rings (SSSR count). The number of nitrogens with zero attached hydrogens (tertiary/aromatic N) is 5. The molecule has 12 heteroatoms. The van der Waals surface area contributed by atoms with Gasteiger partial charge in [-0.05, 0) is 64.4 Å². The summed E-state index contributed by atoms with van der Waals surface area (Å²) in [7, 11) is 0. The number of halogens is 2. The van der Waals surface area contributed by atoms with Crippen molar-refractivity contribution in [3.63, 3.8) is 0 Å². The highest BCUT2D eigenvalue weighted by Gasteiger charge is 2.49. The summed E-state index contributed by atoms with van der Waals surface area (Å²) < 4.78 is 29.9. The quantitative estimate of drug-likeness (QED) is 0.354. The van der Waals surface area contributed by atoms with Crippen molar-refractivity contribution in [3.8, 4) is 11.3 Å². The smallest absolute Gasteiger partial charge is 0.255 e. The number of hydrogen-bond donors (Lipinski definition) is 4. The van der Waals surface area contributed by atoms with Crippen LogP contribution in [0.1, 0.15) is 50.4 Å². The maximum absolute atomic E-state index is 15.0. The van der Waals surface area contributed by atoms with Crippen molar-refractivity contribution in [2.75, 3.05) is 35.2 Å². The summed E-state index contributed by atoms with van der Waals surface area (Å²) in [6.45, 7) is 7.41. The molecule has 41 heavy (non-hydrogen) atoms. The molecule has 0 aliphatic carbocycles. The van der Waals surface area contributed by atoms with E-state index in [-0.39, 0.29) is 54.5 Å². The Morgan fingerprint density at radius 1 is 1.15 bits per heavy atom. The SMILES string of the molecule is CC(C)N1c2cc(-c3nc(Nc4ccc(C(=O)N5CC(O)(C6CCCCN6)C5)cn4)ncc3F)cc(F)c2NC1C. The molecule has 2 atom stereocenters. The molecule has 216 valence electrons. The molecule has 10 nitrogen and oxygen atoms in total. The lowest BCUT2D eigenvalue weighted by atomic mass is 9.81. The van der Waals surface area contributed by atoms with Gasteiger partial charge in [0.1, 0.15) is 22.9 Å². The van der Waals surface area contributed by atoms with E-state index in [1.807, 2.05) is 25.7 Å². The van der Waals surface area contributed by atoms with Crippen molar-refractivity contribution in [3.05, 3.63) is 53.9 Å². The van der Waals surface area contributed by atoms with Gasteiger partial charge in [-0.3, -0.25) is 4.79 Å². The van der Waals surface area contributed by atoms with Gasteiger partial charge in [0, 0.05) is 23.8 Å². The summed E-state index contributed by atoms with van der Waals surface area (Å²) in [6, 6.07) is 6.33. The summed E-state index contributed by atoms with van der Waals surface area (Å²) in [5.74, 6) is -0.944. The number of piperidine rings is 1. The zero-order valence-corrected chi connectivity index (χ0v) is 23.3. The Morgan fingerprint density at radius 2 is 1.95 bits per heavy atom. The zero-order chi connectivity index (χ0) is 28.9. The molecule has 0 bridgehead atoms. The molecule has 0 spiro atoms. The summed E-state index contributed by atoms with van der Waals surface area (Å²) >= 11 is 0. The number of fused-ring (bicyclic) bond motifs is 1. The fourth-order valence-corrected chi connectivity index (χ4v) is 6.10. The lowest BCUT2D eigenvalue weighted by molar-refractivity contribution is -0.108. The van der Waals surface area contributed by atoms with Crippen LogP contribution in [0.4, 0.5) is 31.9 Å². The molecular weight excluding hydrogens is 530 g/mol. The maximum Gasteiger partial charge on any atom is 0.255 e. The van der Waals surface area contributed by atoms with Crippen LogP contribution in [0.2, 0.25) is 0 Å². The second kappa shape index (κ2) is 10.5. The van der Waals surface area contributed by atoms with E-state index in [0.717, 1.165) is 32.0 Å². The first-order valence-corrected chi connectivity index (χ1v) is 14.0. The number of hydrogen-bond acceptors (Lipinski definition) is 9. The molecule has 2 fully saturated rings. The highest BCUT2D eigenvalue weighted by molar-refractivity contribution is 5.95. The molecule has 5 heterocycles. The monoisotopic (exact) mass is 564 g/mol. The number of carbonyl (C=O) groups is 1. The Kier molecular flexibility index (Phi) is 6.98. The first kappa shape index (κ1) is 27.3. The van der Waals surface area contributed by atoms with Crippen LogP contribution >= 0.6 is 0 Å². The second-order valence-corrected chi connectivity index (χ2v) is 11.4. The maximum atomic E-state index is 15.0. The van der Waals surface area contributed by atoms with Crippen molar-refractivity contribution < 1.29 is 18.7 Å². The van der Waals surface area contributed by atoms with Crippen LogP contribution in [-0.4, -0.2) is 74.4 Å². The first-order valence-electron chi connectivity index (χ1n) is 14.0. The third-order valence-electron chi connectivity index (χ3n) is 8.12. The summed E-state index contributed by atoms with van der Waals surface area (Å²) in [4.78, 5) is 29.2. The molecule has 3 aliphatic heterocycles. The third kappa shape index (κ3) is 5.06. The van der Waals surface area contributed by atoms with Gasteiger partial charge in [-0.25, -0.2) is 23.7 Å². The predicted octanol–water partition coefficient (Wildman–Crippen LogP) is 3.88. The van der Waals surface area contributed by atoms with Gasteiger partial charge in [0.25, 0.3) is 5.91 Å². The Balaban J connectivity index is 1.16. The normalized spacial score (nSPS) is 21.3. The second-order valence-electron chi connectivity index (χ2n) is 11.4. The molecule has 2 saturated heterocycles. The number of pyridine rings is 1. The minimum absolute atomic E-state index is 0.00766. The number of benzene rings is 1. The summed E-state index contributed by atoms with van der Waals surface area (Å²) in [5.41, 5.74) is 0.769. The molecule has 1 amide bonds. The minimum Gasteiger partial charge on any atom is -0.385 e. The highest BCUT2D eigenvalue weighted by atomic mass is 19.1. The molecule has 0 saturated carbocycles. The van der Waals surface area contributed by atoms with Crippen molar-refractivity contribution >= 4 is 29.0 Å². The Hall–Kier alpha value is -3.90. The number of carbonyl (C=O) groups excluding carboxylic acids is 1. The number of aromatic nitrogens is 3. The molecule has 3 aliphatic rings. The van der Waals surface area contributed by atoms with E-state index in [0.29, 0.717) is 22.8 Å². The van der Waals surface area contributed by atoms with E-state index < -0.39 is 17.2 Å². The average molecular weight is 565 g/mol. The molecule has 2 aromatic heterocycles. The average Bonchev–Trinajstić information content (AvgIpc) is 3.29.